The van der Waals surface area contributed by atoms with Gasteiger partial charge in [-0.2, -0.15) is 5.10 Å². The Labute approximate surface area is 95.7 Å². The Balaban J connectivity index is 2.57. The summed E-state index contributed by atoms with van der Waals surface area (Å²) in [5.41, 5.74) is 11.8. The van der Waals surface area contributed by atoms with Crippen molar-refractivity contribution >= 4 is 5.82 Å². The lowest BCUT2D eigenvalue weighted by Gasteiger charge is -2.06. The lowest BCUT2D eigenvalue weighted by Crippen LogP contribution is -1.91. The summed E-state index contributed by atoms with van der Waals surface area (Å²) in [6, 6.07) is 6.38. The molecule has 1 aromatic carbocycles. The zero-order valence-electron chi connectivity index (χ0n) is 9.96. The number of nitrogen functional groups attached to an aromatic ring is 1. The second-order valence-corrected chi connectivity index (χ2v) is 4.11. The van der Waals surface area contributed by atoms with E-state index >= 15 is 0 Å². The van der Waals surface area contributed by atoms with Crippen molar-refractivity contribution in [2.45, 2.75) is 27.2 Å². The molecule has 16 heavy (non-hydrogen) atoms. The van der Waals surface area contributed by atoms with Gasteiger partial charge in [-0.15, -0.1) is 0 Å². The molecule has 0 amide bonds. The molecule has 0 aliphatic rings. The first-order valence-corrected chi connectivity index (χ1v) is 5.53. The molecule has 3 nitrogen and oxygen atoms in total. The molecule has 0 saturated carbocycles. The van der Waals surface area contributed by atoms with Gasteiger partial charge in [-0.1, -0.05) is 25.1 Å². The molecule has 0 fully saturated rings. The lowest BCUT2D eigenvalue weighted by molar-refractivity contribution is 0.978. The molecule has 3 N–H and O–H groups in total. The summed E-state index contributed by atoms with van der Waals surface area (Å²) in [6.45, 7) is 6.32. The van der Waals surface area contributed by atoms with Crippen LogP contribution in [0.4, 0.5) is 5.82 Å². The fraction of sp³-hybridized carbons (Fsp3) is 0.308. The summed E-state index contributed by atoms with van der Waals surface area (Å²) in [6.07, 6.45) is 0.909. The van der Waals surface area contributed by atoms with Gasteiger partial charge in [0.25, 0.3) is 0 Å². The topological polar surface area (TPSA) is 54.7 Å². The Kier molecular flexibility index (Phi) is 2.69. The molecule has 0 aliphatic heterocycles. The second kappa shape index (κ2) is 4.00. The van der Waals surface area contributed by atoms with Crippen LogP contribution >= 0.6 is 0 Å². The van der Waals surface area contributed by atoms with Crippen LogP contribution in [0.15, 0.2) is 18.2 Å². The summed E-state index contributed by atoms with van der Waals surface area (Å²) >= 11 is 0. The minimum atomic E-state index is 0.583. The summed E-state index contributed by atoms with van der Waals surface area (Å²) in [5, 5.41) is 7.05. The highest BCUT2D eigenvalue weighted by atomic mass is 15.2. The third kappa shape index (κ3) is 1.69. The van der Waals surface area contributed by atoms with Crippen LogP contribution in [0.25, 0.3) is 11.1 Å². The van der Waals surface area contributed by atoms with E-state index in [0.717, 1.165) is 23.2 Å². The number of H-pyrrole nitrogens is 1. The van der Waals surface area contributed by atoms with Crippen molar-refractivity contribution in [1.82, 2.24) is 10.2 Å². The number of aromatic nitrogens is 2. The van der Waals surface area contributed by atoms with Gasteiger partial charge in [0.05, 0.1) is 0 Å². The van der Waals surface area contributed by atoms with E-state index in [1.165, 1.54) is 11.1 Å². The molecule has 1 heterocycles. The van der Waals surface area contributed by atoms with Crippen molar-refractivity contribution in [3.63, 3.8) is 0 Å². The molecule has 0 spiro atoms. The van der Waals surface area contributed by atoms with E-state index < -0.39 is 0 Å². The Morgan fingerprint density at radius 2 is 2.00 bits per heavy atom. The summed E-state index contributed by atoms with van der Waals surface area (Å²) < 4.78 is 0. The van der Waals surface area contributed by atoms with Crippen molar-refractivity contribution in [3.05, 3.63) is 35.0 Å². The number of hydrogen-bond acceptors (Lipinski definition) is 2. The molecule has 0 radical (unpaired) electrons. The number of benzene rings is 1. The molecule has 3 heteroatoms. The van der Waals surface area contributed by atoms with Crippen molar-refractivity contribution in [2.75, 3.05) is 5.73 Å². The van der Waals surface area contributed by atoms with Gasteiger partial charge >= 0.3 is 0 Å². The predicted octanol–water partition coefficient (Wildman–Crippen LogP) is 2.84. The van der Waals surface area contributed by atoms with Crippen LogP contribution in [0.5, 0.6) is 0 Å². The van der Waals surface area contributed by atoms with Crippen molar-refractivity contribution in [1.29, 1.82) is 0 Å². The van der Waals surface area contributed by atoms with Crippen LogP contribution in [0.1, 0.15) is 23.7 Å². The maximum Gasteiger partial charge on any atom is 0.153 e. The molecule has 1 aromatic heterocycles. The minimum absolute atomic E-state index is 0.583. The van der Waals surface area contributed by atoms with E-state index in [1.807, 2.05) is 0 Å². The first-order valence-electron chi connectivity index (χ1n) is 5.53. The Bertz CT molecular complexity index is 512. The molecule has 2 rings (SSSR count). The van der Waals surface area contributed by atoms with Gasteiger partial charge in [0.15, 0.2) is 5.82 Å². The van der Waals surface area contributed by atoms with Gasteiger partial charge in [-0.05, 0) is 37.0 Å². The molecule has 0 unspecified atom stereocenters. The first kappa shape index (κ1) is 10.7. The van der Waals surface area contributed by atoms with Crippen LogP contribution in [0.2, 0.25) is 0 Å². The molecule has 0 aliphatic carbocycles. The maximum absolute atomic E-state index is 5.89. The van der Waals surface area contributed by atoms with Crippen LogP contribution < -0.4 is 5.73 Å². The van der Waals surface area contributed by atoms with E-state index in [4.69, 9.17) is 5.73 Å². The maximum atomic E-state index is 5.89. The number of nitrogens with two attached hydrogens (primary N) is 1. The summed E-state index contributed by atoms with van der Waals surface area (Å²) in [4.78, 5) is 0. The number of nitrogens with one attached hydrogen (secondary N) is 1. The predicted molar refractivity (Wildman–Crippen MR) is 67.3 cm³/mol. The molecule has 0 atom stereocenters. The normalized spacial score (nSPS) is 10.7. The monoisotopic (exact) mass is 215 g/mol. The van der Waals surface area contributed by atoms with Crippen LogP contribution in [-0.4, -0.2) is 10.2 Å². The Hall–Kier alpha value is -1.77. The molecule has 0 bridgehead atoms. The third-order valence-corrected chi connectivity index (χ3v) is 3.02. The molecule has 84 valence electrons. The van der Waals surface area contributed by atoms with Crippen LogP contribution in [-0.2, 0) is 6.42 Å². The number of aromatic amines is 1. The summed E-state index contributed by atoms with van der Waals surface area (Å²) in [5.74, 6) is 0.583. The zero-order chi connectivity index (χ0) is 11.7. The van der Waals surface area contributed by atoms with Gasteiger partial charge in [-0.3, -0.25) is 5.10 Å². The third-order valence-electron chi connectivity index (χ3n) is 3.02. The smallest absolute Gasteiger partial charge is 0.153 e. The van der Waals surface area contributed by atoms with Crippen molar-refractivity contribution in [2.24, 2.45) is 0 Å². The summed E-state index contributed by atoms with van der Waals surface area (Å²) in [7, 11) is 0. The Morgan fingerprint density at radius 1 is 1.25 bits per heavy atom. The van der Waals surface area contributed by atoms with Gasteiger partial charge in [-0.25, -0.2) is 0 Å². The average Bonchev–Trinajstić information content (AvgIpc) is 2.64. The van der Waals surface area contributed by atoms with Crippen LogP contribution in [0, 0.1) is 13.8 Å². The largest absolute Gasteiger partial charge is 0.382 e. The zero-order valence-corrected chi connectivity index (χ0v) is 9.96. The Morgan fingerprint density at radius 3 is 2.62 bits per heavy atom. The van der Waals surface area contributed by atoms with E-state index in [2.05, 4.69) is 49.2 Å². The minimum Gasteiger partial charge on any atom is -0.382 e. The number of nitrogens with zero attached hydrogens (tertiary/aromatic N) is 1. The van der Waals surface area contributed by atoms with Crippen molar-refractivity contribution in [3.8, 4) is 11.1 Å². The van der Waals surface area contributed by atoms with E-state index in [-0.39, 0.29) is 0 Å². The first-order chi connectivity index (χ1) is 7.63. The standard InChI is InChI=1S/C13H17N3/c1-4-11-12(13(14)16-15-11)10-6-5-8(2)9(3)7-10/h5-7H,4H2,1-3H3,(H3,14,15,16). The number of aryl methyl sites for hydroxylation is 3. The molecular formula is C13H17N3. The number of rotatable bonds is 2. The molecular weight excluding hydrogens is 198 g/mol. The SMILES string of the molecule is CCc1[nH]nc(N)c1-c1ccc(C)c(C)c1. The fourth-order valence-electron chi connectivity index (χ4n) is 1.87. The molecule has 0 saturated heterocycles. The van der Waals surface area contributed by atoms with Gasteiger partial charge in [0, 0.05) is 11.3 Å². The number of anilines is 1. The fourth-order valence-corrected chi connectivity index (χ4v) is 1.87. The van der Waals surface area contributed by atoms with E-state index in [9.17, 15) is 0 Å². The average molecular weight is 215 g/mol. The molecule has 2 aromatic rings. The van der Waals surface area contributed by atoms with Gasteiger partial charge in [0.2, 0.25) is 0 Å². The van der Waals surface area contributed by atoms with E-state index in [1.54, 1.807) is 0 Å². The van der Waals surface area contributed by atoms with Crippen LogP contribution in [0.3, 0.4) is 0 Å². The second-order valence-electron chi connectivity index (χ2n) is 4.11. The highest BCUT2D eigenvalue weighted by molar-refractivity contribution is 5.76. The lowest BCUT2D eigenvalue weighted by atomic mass is 9.99. The highest BCUT2D eigenvalue weighted by Crippen LogP contribution is 2.29. The van der Waals surface area contributed by atoms with Gasteiger partial charge < -0.3 is 5.73 Å². The quantitative estimate of drug-likeness (QED) is 0.809. The highest BCUT2D eigenvalue weighted by Gasteiger charge is 2.11. The van der Waals surface area contributed by atoms with E-state index in [0.29, 0.717) is 5.82 Å². The van der Waals surface area contributed by atoms with Crippen molar-refractivity contribution < 1.29 is 0 Å². The van der Waals surface area contributed by atoms with Gasteiger partial charge in [0.1, 0.15) is 0 Å². The number of hydrogen-bond donors (Lipinski definition) is 2.